The summed E-state index contributed by atoms with van der Waals surface area (Å²) in [6.45, 7) is 1.74. The second kappa shape index (κ2) is 6.00. The van der Waals surface area contributed by atoms with E-state index in [1.807, 2.05) is 0 Å². The number of hydrogen-bond acceptors (Lipinski definition) is 8. The minimum absolute atomic E-state index is 0.320. The molecule has 3 heterocycles. The molecule has 0 unspecified atom stereocenters. The van der Waals surface area contributed by atoms with Crippen molar-refractivity contribution in [2.24, 2.45) is 0 Å². The molecule has 1 amide bonds. The first-order valence-electron chi connectivity index (χ1n) is 7.32. The maximum Gasteiger partial charge on any atom is 0.269 e. The Morgan fingerprint density at radius 3 is 2.76 bits per heavy atom. The van der Waals surface area contributed by atoms with Crippen LogP contribution in [0.15, 0.2) is 41.4 Å². The van der Waals surface area contributed by atoms with E-state index in [2.05, 4.69) is 40.9 Å². The first-order valence-corrected chi connectivity index (χ1v) is 7.32. The number of carbonyl (C=O) groups excluding carboxylic acids is 1. The molecule has 124 valence electrons. The van der Waals surface area contributed by atoms with Gasteiger partial charge in [0.1, 0.15) is 11.8 Å². The number of imidazole rings is 1. The van der Waals surface area contributed by atoms with Crippen molar-refractivity contribution in [1.82, 2.24) is 35.5 Å². The number of amides is 1. The molecule has 4 rings (SSSR count). The van der Waals surface area contributed by atoms with Gasteiger partial charge in [0.05, 0.1) is 6.33 Å². The van der Waals surface area contributed by atoms with Crippen molar-refractivity contribution in [2.45, 2.75) is 6.92 Å². The minimum Gasteiger partial charge on any atom is -0.340 e. The highest BCUT2D eigenvalue weighted by atomic mass is 16.5. The molecule has 3 N–H and O–H groups in total. The first kappa shape index (κ1) is 14.8. The summed E-state index contributed by atoms with van der Waals surface area (Å²) in [6, 6.07) is 6.80. The molecule has 3 aromatic heterocycles. The molecule has 10 heteroatoms. The summed E-state index contributed by atoms with van der Waals surface area (Å²) in [6.07, 6.45) is 2.86. The number of fused-ring (bicyclic) bond motifs is 1. The molecule has 0 aliphatic carbocycles. The predicted molar refractivity (Wildman–Crippen MR) is 87.2 cm³/mol. The summed E-state index contributed by atoms with van der Waals surface area (Å²) in [5.41, 5.74) is 7.65. The molecule has 0 saturated carbocycles. The summed E-state index contributed by atoms with van der Waals surface area (Å²) in [4.78, 5) is 31.4. The van der Waals surface area contributed by atoms with Crippen molar-refractivity contribution in [2.75, 3.05) is 5.43 Å². The molecule has 0 bridgehead atoms. The van der Waals surface area contributed by atoms with Crippen LogP contribution in [0, 0.1) is 6.92 Å². The number of nitrogens with zero attached hydrogens (tertiary/aromatic N) is 5. The summed E-state index contributed by atoms with van der Waals surface area (Å²) in [5, 5.41) is 3.74. The fraction of sp³-hybridized carbons (Fsp3) is 0.0667. The van der Waals surface area contributed by atoms with Crippen LogP contribution in [-0.2, 0) is 0 Å². The van der Waals surface area contributed by atoms with E-state index >= 15 is 0 Å². The highest BCUT2D eigenvalue weighted by molar-refractivity contribution is 5.95. The quantitative estimate of drug-likeness (QED) is 0.477. The van der Waals surface area contributed by atoms with Crippen molar-refractivity contribution in [3.8, 4) is 11.5 Å². The zero-order valence-electron chi connectivity index (χ0n) is 13.0. The maximum atomic E-state index is 12.3. The van der Waals surface area contributed by atoms with Gasteiger partial charge in [0.25, 0.3) is 11.8 Å². The Morgan fingerprint density at radius 2 is 2.00 bits per heavy atom. The second-order valence-corrected chi connectivity index (χ2v) is 5.13. The zero-order chi connectivity index (χ0) is 17.2. The number of nitrogens with one attached hydrogen (secondary N) is 3. The molecular formula is C15H12N8O2. The van der Waals surface area contributed by atoms with Crippen molar-refractivity contribution in [1.29, 1.82) is 0 Å². The van der Waals surface area contributed by atoms with Crippen LogP contribution < -0.4 is 10.9 Å². The normalized spacial score (nSPS) is 10.8. The number of aromatic amines is 1. The molecule has 10 nitrogen and oxygen atoms in total. The van der Waals surface area contributed by atoms with Gasteiger partial charge in [-0.05, 0) is 31.2 Å². The van der Waals surface area contributed by atoms with Gasteiger partial charge in [-0.25, -0.2) is 15.0 Å². The Kier molecular flexibility index (Phi) is 3.54. The summed E-state index contributed by atoms with van der Waals surface area (Å²) < 4.78 is 5.09. The van der Waals surface area contributed by atoms with Gasteiger partial charge in [0.2, 0.25) is 0 Å². The Hall–Kier alpha value is -3.82. The zero-order valence-corrected chi connectivity index (χ0v) is 13.0. The Bertz CT molecular complexity index is 1040. The molecule has 0 aliphatic rings. The van der Waals surface area contributed by atoms with Gasteiger partial charge in [-0.3, -0.25) is 15.6 Å². The van der Waals surface area contributed by atoms with Crippen LogP contribution in [-0.4, -0.2) is 36.0 Å². The van der Waals surface area contributed by atoms with Crippen LogP contribution in [0.5, 0.6) is 0 Å². The second-order valence-electron chi connectivity index (χ2n) is 5.13. The molecular weight excluding hydrogens is 324 g/mol. The summed E-state index contributed by atoms with van der Waals surface area (Å²) in [5.74, 6) is 1.06. The van der Waals surface area contributed by atoms with E-state index < -0.39 is 0 Å². The molecule has 0 atom stereocenters. The van der Waals surface area contributed by atoms with Crippen LogP contribution in [0.1, 0.15) is 16.2 Å². The van der Waals surface area contributed by atoms with Gasteiger partial charge >= 0.3 is 0 Å². The number of aromatic nitrogens is 6. The van der Waals surface area contributed by atoms with Crippen LogP contribution in [0.4, 0.5) is 5.82 Å². The lowest BCUT2D eigenvalue weighted by Crippen LogP contribution is -2.29. The van der Waals surface area contributed by atoms with Crippen molar-refractivity contribution < 1.29 is 9.32 Å². The van der Waals surface area contributed by atoms with Crippen LogP contribution in [0.3, 0.4) is 0 Å². The van der Waals surface area contributed by atoms with Crippen LogP contribution in [0.2, 0.25) is 0 Å². The third-order valence-electron chi connectivity index (χ3n) is 3.44. The van der Waals surface area contributed by atoms with E-state index in [1.54, 1.807) is 31.2 Å². The lowest BCUT2D eigenvalue weighted by molar-refractivity contribution is 0.0962. The van der Waals surface area contributed by atoms with Crippen molar-refractivity contribution >= 4 is 22.9 Å². The number of carbonyl (C=O) groups is 1. The summed E-state index contributed by atoms with van der Waals surface area (Å²) in [7, 11) is 0. The van der Waals surface area contributed by atoms with Gasteiger partial charge in [0.15, 0.2) is 17.3 Å². The van der Waals surface area contributed by atoms with E-state index in [0.717, 1.165) is 5.56 Å². The third kappa shape index (κ3) is 2.87. The van der Waals surface area contributed by atoms with Gasteiger partial charge in [-0.1, -0.05) is 5.16 Å². The number of anilines is 1. The average Bonchev–Trinajstić information content (AvgIpc) is 3.29. The van der Waals surface area contributed by atoms with Crippen molar-refractivity contribution in [3.05, 3.63) is 48.3 Å². The molecule has 0 fully saturated rings. The Balaban J connectivity index is 1.47. The Morgan fingerprint density at radius 1 is 1.16 bits per heavy atom. The molecule has 25 heavy (non-hydrogen) atoms. The summed E-state index contributed by atoms with van der Waals surface area (Å²) >= 11 is 0. The first-order chi connectivity index (χ1) is 12.2. The van der Waals surface area contributed by atoms with E-state index in [0.29, 0.717) is 34.3 Å². The number of aryl methyl sites for hydroxylation is 1. The largest absolute Gasteiger partial charge is 0.340 e. The fourth-order valence-corrected chi connectivity index (χ4v) is 2.23. The number of rotatable bonds is 4. The average molecular weight is 336 g/mol. The van der Waals surface area contributed by atoms with E-state index in [-0.39, 0.29) is 5.91 Å². The van der Waals surface area contributed by atoms with E-state index in [9.17, 15) is 4.79 Å². The third-order valence-corrected chi connectivity index (χ3v) is 3.44. The molecule has 0 aliphatic heterocycles. The highest BCUT2D eigenvalue weighted by Crippen LogP contribution is 2.18. The molecule has 0 radical (unpaired) electrons. The topological polar surface area (TPSA) is 135 Å². The number of H-pyrrole nitrogens is 1. The minimum atomic E-state index is -0.320. The van der Waals surface area contributed by atoms with Gasteiger partial charge in [0, 0.05) is 11.1 Å². The molecule has 0 saturated heterocycles. The maximum absolute atomic E-state index is 12.3. The lowest BCUT2D eigenvalue weighted by atomic mass is 10.1. The van der Waals surface area contributed by atoms with Gasteiger partial charge in [-0.15, -0.1) is 0 Å². The number of hydrogen-bond donors (Lipinski definition) is 3. The number of benzene rings is 1. The fourth-order valence-electron chi connectivity index (χ4n) is 2.23. The van der Waals surface area contributed by atoms with Crippen LogP contribution >= 0.6 is 0 Å². The van der Waals surface area contributed by atoms with Gasteiger partial charge in [-0.2, -0.15) is 4.98 Å². The standard InChI is InChI=1S/C15H12N8O2/c1-8-20-15(25-23-8)10-4-2-9(3-5-10)14(24)22-21-13-11-12(17-6-16-11)18-7-19-13/h2-7H,1H3,(H,22,24)(H2,16,17,18,19,21). The number of hydrazine groups is 1. The van der Waals surface area contributed by atoms with Crippen LogP contribution in [0.25, 0.3) is 22.6 Å². The SMILES string of the molecule is Cc1noc(-c2ccc(C(=O)NNc3ncnc4nc[nH]c34)cc2)n1. The molecule has 1 aromatic carbocycles. The van der Waals surface area contributed by atoms with E-state index in [4.69, 9.17) is 4.52 Å². The van der Waals surface area contributed by atoms with Crippen molar-refractivity contribution in [3.63, 3.8) is 0 Å². The molecule has 0 spiro atoms. The lowest BCUT2D eigenvalue weighted by Gasteiger charge is -2.08. The molecule has 4 aromatic rings. The predicted octanol–water partition coefficient (Wildman–Crippen LogP) is 1.47. The Labute approximate surface area is 140 Å². The smallest absolute Gasteiger partial charge is 0.269 e. The van der Waals surface area contributed by atoms with E-state index in [1.165, 1.54) is 12.7 Å². The highest BCUT2D eigenvalue weighted by Gasteiger charge is 2.10. The van der Waals surface area contributed by atoms with Gasteiger partial charge < -0.3 is 9.51 Å². The monoisotopic (exact) mass is 336 g/mol.